The number of rotatable bonds is 6. The molecule has 2 aromatic heterocycles. The summed E-state index contributed by atoms with van der Waals surface area (Å²) in [5, 5.41) is 2.75. The number of thiocarbonyl (C=S) groups is 1. The third-order valence-electron chi connectivity index (χ3n) is 6.07. The summed E-state index contributed by atoms with van der Waals surface area (Å²) in [5.74, 6) is -0.990. The van der Waals surface area contributed by atoms with E-state index in [2.05, 4.69) is 10.3 Å². The standard InChI is InChI=1S/C23H25N5O5S2/c1-4-13(2)28-22(32)16(35-23(28)34)11-14-19(25-17-7-5-6-9-27(17)21(14)31)26-10-8-24-20(30)15(26)12-18(29)33-3/h5-7,9,11,13,15H,4,8,10,12H2,1-3H3,(H,24,30)/b16-11-/t13-,15-/m1/s1. The molecule has 2 saturated heterocycles. The van der Waals surface area contributed by atoms with Crippen molar-refractivity contribution in [2.45, 2.75) is 38.8 Å². The van der Waals surface area contributed by atoms with Gasteiger partial charge in [0.05, 0.1) is 24.0 Å². The SMILES string of the molecule is CC[C@@H](C)N1C(=O)/C(=C/c2c(N3CCNC(=O)[C@H]3CC(=O)OC)nc3ccccn3c2=O)SC1=S. The van der Waals surface area contributed by atoms with E-state index in [0.717, 1.165) is 18.2 Å². The Labute approximate surface area is 211 Å². The molecule has 4 heterocycles. The Bertz CT molecular complexity index is 1310. The fraction of sp³-hybridized carbons (Fsp3) is 0.391. The Morgan fingerprint density at radius 1 is 1.37 bits per heavy atom. The Kier molecular flexibility index (Phi) is 7.22. The van der Waals surface area contributed by atoms with Crippen molar-refractivity contribution in [3.8, 4) is 0 Å². The van der Waals surface area contributed by atoms with Gasteiger partial charge in [-0.3, -0.25) is 28.5 Å². The average molecular weight is 516 g/mol. The van der Waals surface area contributed by atoms with Crippen LogP contribution in [0.3, 0.4) is 0 Å². The fourth-order valence-corrected chi connectivity index (χ4v) is 5.47. The number of esters is 1. The summed E-state index contributed by atoms with van der Waals surface area (Å²) >= 11 is 6.56. The summed E-state index contributed by atoms with van der Waals surface area (Å²) in [6, 6.07) is 4.12. The van der Waals surface area contributed by atoms with Crippen LogP contribution in [0.1, 0.15) is 32.3 Å². The second kappa shape index (κ2) is 10.2. The number of ether oxygens (including phenoxy) is 1. The van der Waals surface area contributed by atoms with E-state index in [4.69, 9.17) is 17.0 Å². The number of amides is 2. The summed E-state index contributed by atoms with van der Waals surface area (Å²) in [6.45, 7) is 4.50. The van der Waals surface area contributed by atoms with Crippen LogP contribution in [0.5, 0.6) is 0 Å². The highest BCUT2D eigenvalue weighted by Gasteiger charge is 2.37. The number of methoxy groups -OCH3 is 1. The van der Waals surface area contributed by atoms with Crippen LogP contribution in [-0.4, -0.2) is 68.7 Å². The predicted octanol–water partition coefficient (Wildman–Crippen LogP) is 1.56. The van der Waals surface area contributed by atoms with E-state index in [0.29, 0.717) is 28.0 Å². The molecule has 0 unspecified atom stereocenters. The molecule has 0 aliphatic carbocycles. The summed E-state index contributed by atoms with van der Waals surface area (Å²) in [4.78, 5) is 59.7. The van der Waals surface area contributed by atoms with Gasteiger partial charge in [0.1, 0.15) is 21.8 Å². The minimum absolute atomic E-state index is 0.0843. The maximum atomic E-state index is 13.6. The summed E-state index contributed by atoms with van der Waals surface area (Å²) in [7, 11) is 1.25. The van der Waals surface area contributed by atoms with Crippen molar-refractivity contribution in [2.24, 2.45) is 0 Å². The van der Waals surface area contributed by atoms with E-state index in [-0.39, 0.29) is 35.7 Å². The molecule has 2 aliphatic rings. The average Bonchev–Trinajstić information content (AvgIpc) is 3.14. The smallest absolute Gasteiger partial charge is 0.308 e. The number of hydrogen-bond donors (Lipinski definition) is 1. The first-order chi connectivity index (χ1) is 16.8. The zero-order chi connectivity index (χ0) is 25.3. The summed E-state index contributed by atoms with van der Waals surface area (Å²) in [5.41, 5.74) is 0.115. The fourth-order valence-electron chi connectivity index (χ4n) is 4.02. The molecule has 2 fully saturated rings. The first kappa shape index (κ1) is 24.9. The molecule has 2 atom stereocenters. The van der Waals surface area contributed by atoms with E-state index in [1.54, 1.807) is 34.2 Å². The van der Waals surface area contributed by atoms with Gasteiger partial charge in [0.25, 0.3) is 11.5 Å². The van der Waals surface area contributed by atoms with Crippen LogP contribution in [0, 0.1) is 0 Å². The van der Waals surface area contributed by atoms with Gasteiger partial charge in [-0.25, -0.2) is 4.98 Å². The van der Waals surface area contributed by atoms with Crippen LogP contribution in [0.4, 0.5) is 5.82 Å². The van der Waals surface area contributed by atoms with Crippen molar-refractivity contribution in [3.63, 3.8) is 0 Å². The van der Waals surface area contributed by atoms with Gasteiger partial charge < -0.3 is 15.0 Å². The maximum Gasteiger partial charge on any atom is 0.308 e. The normalized spacial score (nSPS) is 20.5. The number of piperazine rings is 1. The first-order valence-corrected chi connectivity index (χ1v) is 12.4. The number of nitrogens with zero attached hydrogens (tertiary/aromatic N) is 4. The number of anilines is 1. The molecule has 10 nitrogen and oxygen atoms in total. The van der Waals surface area contributed by atoms with Gasteiger partial charge in [0.15, 0.2) is 0 Å². The van der Waals surface area contributed by atoms with Crippen molar-refractivity contribution in [1.29, 1.82) is 0 Å². The topological polar surface area (TPSA) is 113 Å². The zero-order valence-electron chi connectivity index (χ0n) is 19.5. The van der Waals surface area contributed by atoms with Gasteiger partial charge in [-0.2, -0.15) is 0 Å². The minimum atomic E-state index is -0.920. The predicted molar refractivity (Wildman–Crippen MR) is 137 cm³/mol. The molecule has 2 aliphatic heterocycles. The number of aromatic nitrogens is 2. The lowest BCUT2D eigenvalue weighted by atomic mass is 10.1. The van der Waals surface area contributed by atoms with Crippen LogP contribution in [0.25, 0.3) is 11.7 Å². The van der Waals surface area contributed by atoms with E-state index < -0.39 is 17.6 Å². The molecule has 0 spiro atoms. The van der Waals surface area contributed by atoms with Gasteiger partial charge >= 0.3 is 5.97 Å². The molecule has 12 heteroatoms. The van der Waals surface area contributed by atoms with Crippen LogP contribution >= 0.6 is 24.0 Å². The van der Waals surface area contributed by atoms with Gasteiger partial charge in [-0.1, -0.05) is 37.0 Å². The molecule has 1 N–H and O–H groups in total. The number of hydrogen-bond acceptors (Lipinski definition) is 9. The van der Waals surface area contributed by atoms with E-state index >= 15 is 0 Å². The molecule has 4 rings (SSSR count). The lowest BCUT2D eigenvalue weighted by Crippen LogP contribution is -2.57. The van der Waals surface area contributed by atoms with Crippen molar-refractivity contribution in [3.05, 3.63) is 45.2 Å². The molecule has 0 aromatic carbocycles. The molecular formula is C23H25N5O5S2. The van der Waals surface area contributed by atoms with E-state index in [1.165, 1.54) is 17.6 Å². The summed E-state index contributed by atoms with van der Waals surface area (Å²) < 4.78 is 6.58. The molecule has 0 saturated carbocycles. The van der Waals surface area contributed by atoms with Gasteiger partial charge in [-0.05, 0) is 31.6 Å². The van der Waals surface area contributed by atoms with Crippen LogP contribution in [-0.2, 0) is 19.1 Å². The largest absolute Gasteiger partial charge is 0.469 e. The van der Waals surface area contributed by atoms with Crippen molar-refractivity contribution in [1.82, 2.24) is 19.6 Å². The minimum Gasteiger partial charge on any atom is -0.469 e. The van der Waals surface area contributed by atoms with Crippen LogP contribution in [0.2, 0.25) is 0 Å². The number of thioether (sulfide) groups is 1. The van der Waals surface area contributed by atoms with Gasteiger partial charge in [0, 0.05) is 25.3 Å². The Hall–Kier alpha value is -3.25. The molecule has 0 bridgehead atoms. The lowest BCUT2D eigenvalue weighted by molar-refractivity contribution is -0.143. The van der Waals surface area contributed by atoms with Crippen molar-refractivity contribution in [2.75, 3.05) is 25.1 Å². The zero-order valence-corrected chi connectivity index (χ0v) is 21.1. The Morgan fingerprint density at radius 2 is 2.14 bits per heavy atom. The number of nitrogens with one attached hydrogen (secondary N) is 1. The maximum absolute atomic E-state index is 13.6. The van der Waals surface area contributed by atoms with Gasteiger partial charge in [0.2, 0.25) is 5.91 Å². The number of carbonyl (C=O) groups excluding carboxylic acids is 3. The number of pyridine rings is 1. The second-order valence-corrected chi connectivity index (χ2v) is 9.85. The van der Waals surface area contributed by atoms with E-state index in [9.17, 15) is 19.2 Å². The third kappa shape index (κ3) is 4.67. The van der Waals surface area contributed by atoms with Crippen LogP contribution < -0.4 is 15.8 Å². The Balaban J connectivity index is 1.89. The molecular weight excluding hydrogens is 490 g/mol. The highest BCUT2D eigenvalue weighted by atomic mass is 32.2. The van der Waals surface area contributed by atoms with Gasteiger partial charge in [-0.15, -0.1) is 0 Å². The quantitative estimate of drug-likeness (QED) is 0.348. The molecule has 2 aromatic rings. The first-order valence-electron chi connectivity index (χ1n) is 11.2. The van der Waals surface area contributed by atoms with Crippen LogP contribution in [0.15, 0.2) is 34.1 Å². The second-order valence-electron chi connectivity index (χ2n) is 8.17. The molecule has 2 amide bonds. The number of carbonyl (C=O) groups is 3. The highest BCUT2D eigenvalue weighted by Crippen LogP contribution is 2.35. The molecule has 35 heavy (non-hydrogen) atoms. The summed E-state index contributed by atoms with van der Waals surface area (Å²) in [6.07, 6.45) is 3.59. The van der Waals surface area contributed by atoms with Crippen molar-refractivity contribution >= 4 is 63.6 Å². The van der Waals surface area contributed by atoms with Crippen molar-refractivity contribution < 1.29 is 19.1 Å². The lowest BCUT2D eigenvalue weighted by Gasteiger charge is -2.36. The number of fused-ring (bicyclic) bond motifs is 1. The van der Waals surface area contributed by atoms with E-state index in [1.807, 2.05) is 13.8 Å². The third-order valence-corrected chi connectivity index (χ3v) is 7.40. The molecule has 0 radical (unpaired) electrons. The monoisotopic (exact) mass is 515 g/mol. The Morgan fingerprint density at radius 3 is 2.86 bits per heavy atom. The highest BCUT2D eigenvalue weighted by molar-refractivity contribution is 8.26. The molecule has 184 valence electrons.